The van der Waals surface area contributed by atoms with Gasteiger partial charge in [-0.25, -0.2) is 8.42 Å². The van der Waals surface area contributed by atoms with Crippen molar-refractivity contribution in [1.82, 2.24) is 5.32 Å². The molecule has 1 aliphatic heterocycles. The first-order valence-corrected chi connectivity index (χ1v) is 9.05. The Bertz CT molecular complexity index is 349. The summed E-state index contributed by atoms with van der Waals surface area (Å²) >= 11 is 0. The molecule has 0 aromatic carbocycles. The second kappa shape index (κ2) is 6.35. The van der Waals surface area contributed by atoms with Gasteiger partial charge in [-0.2, -0.15) is 0 Å². The van der Waals surface area contributed by atoms with Crippen LogP contribution < -0.4 is 5.32 Å². The van der Waals surface area contributed by atoms with Gasteiger partial charge in [-0.3, -0.25) is 0 Å². The third-order valence-electron chi connectivity index (χ3n) is 4.15. The van der Waals surface area contributed by atoms with Crippen LogP contribution in [0.5, 0.6) is 0 Å². The quantitative estimate of drug-likeness (QED) is 0.826. The minimum Gasteiger partial charge on any atom is -0.378 e. The Balaban J connectivity index is 1.69. The van der Waals surface area contributed by atoms with Crippen LogP contribution in [0.4, 0.5) is 0 Å². The Morgan fingerprint density at radius 2 is 2.06 bits per heavy atom. The maximum atomic E-state index is 11.6. The van der Waals surface area contributed by atoms with E-state index in [-0.39, 0.29) is 5.25 Å². The smallest absolute Gasteiger partial charge is 0.150 e. The lowest BCUT2D eigenvalue weighted by Gasteiger charge is -2.29. The molecule has 3 atom stereocenters. The van der Waals surface area contributed by atoms with Crippen molar-refractivity contribution in [2.24, 2.45) is 0 Å². The standard InChI is InChI=1S/C13H25NO3S/c1-18(15,16)13-6-2-4-11(10-13)14-8-7-12-5-3-9-17-12/h11-14H,2-10H2,1H3. The lowest BCUT2D eigenvalue weighted by molar-refractivity contribution is 0.103. The molecule has 1 N–H and O–H groups in total. The summed E-state index contributed by atoms with van der Waals surface area (Å²) in [6.07, 6.45) is 8.96. The lowest BCUT2D eigenvalue weighted by Crippen LogP contribution is -2.39. The Kier molecular flexibility index (Phi) is 5.04. The fourth-order valence-corrected chi connectivity index (χ4v) is 4.22. The van der Waals surface area contributed by atoms with E-state index in [2.05, 4.69) is 5.32 Å². The van der Waals surface area contributed by atoms with Crippen molar-refractivity contribution in [2.45, 2.75) is 62.3 Å². The Morgan fingerprint density at radius 1 is 1.22 bits per heavy atom. The number of rotatable bonds is 5. The van der Waals surface area contributed by atoms with E-state index in [1.807, 2.05) is 0 Å². The first-order valence-electron chi connectivity index (χ1n) is 7.09. The number of sulfone groups is 1. The largest absolute Gasteiger partial charge is 0.378 e. The zero-order chi connectivity index (χ0) is 13.0. The van der Waals surface area contributed by atoms with Gasteiger partial charge >= 0.3 is 0 Å². The molecule has 0 radical (unpaired) electrons. The van der Waals surface area contributed by atoms with Crippen molar-refractivity contribution in [3.8, 4) is 0 Å². The van der Waals surface area contributed by atoms with Crippen molar-refractivity contribution in [1.29, 1.82) is 0 Å². The van der Waals surface area contributed by atoms with Gasteiger partial charge in [0.2, 0.25) is 0 Å². The first kappa shape index (κ1) is 14.3. The summed E-state index contributed by atoms with van der Waals surface area (Å²) in [6.45, 7) is 1.86. The molecule has 1 heterocycles. The molecule has 2 rings (SSSR count). The van der Waals surface area contributed by atoms with Gasteiger partial charge in [-0.15, -0.1) is 0 Å². The van der Waals surface area contributed by atoms with Gasteiger partial charge in [0.25, 0.3) is 0 Å². The summed E-state index contributed by atoms with van der Waals surface area (Å²) in [6, 6.07) is 0.375. The van der Waals surface area contributed by atoms with Crippen molar-refractivity contribution in [3.63, 3.8) is 0 Å². The van der Waals surface area contributed by atoms with Gasteiger partial charge in [0, 0.05) is 18.9 Å². The average Bonchev–Trinajstić information content (AvgIpc) is 2.81. The van der Waals surface area contributed by atoms with Crippen LogP contribution in [0.3, 0.4) is 0 Å². The third kappa shape index (κ3) is 4.21. The number of hydrogen-bond donors (Lipinski definition) is 1. The van der Waals surface area contributed by atoms with E-state index in [0.29, 0.717) is 12.1 Å². The molecule has 2 aliphatic rings. The van der Waals surface area contributed by atoms with Crippen molar-refractivity contribution in [2.75, 3.05) is 19.4 Å². The summed E-state index contributed by atoms with van der Waals surface area (Å²) in [5, 5.41) is 3.37. The molecule has 0 amide bonds. The van der Waals surface area contributed by atoms with Gasteiger partial charge in [0.15, 0.2) is 0 Å². The van der Waals surface area contributed by atoms with E-state index in [4.69, 9.17) is 4.74 Å². The molecule has 2 fully saturated rings. The summed E-state index contributed by atoms with van der Waals surface area (Å²) in [5.41, 5.74) is 0. The highest BCUT2D eigenvalue weighted by atomic mass is 32.2. The summed E-state index contributed by atoms with van der Waals surface area (Å²) < 4.78 is 28.7. The maximum absolute atomic E-state index is 11.6. The topological polar surface area (TPSA) is 55.4 Å². The molecule has 5 heteroatoms. The molecule has 0 aromatic heterocycles. The van der Waals surface area contributed by atoms with Crippen LogP contribution >= 0.6 is 0 Å². The SMILES string of the molecule is CS(=O)(=O)C1CCCC(NCCC2CCCO2)C1. The van der Waals surface area contributed by atoms with Gasteiger partial charge in [-0.05, 0) is 45.1 Å². The molecule has 3 unspecified atom stereocenters. The maximum Gasteiger partial charge on any atom is 0.150 e. The lowest BCUT2D eigenvalue weighted by atomic mass is 9.95. The molecule has 0 aromatic rings. The average molecular weight is 275 g/mol. The minimum absolute atomic E-state index is 0.133. The molecule has 1 saturated carbocycles. The first-order chi connectivity index (χ1) is 8.55. The molecule has 1 aliphatic carbocycles. The van der Waals surface area contributed by atoms with E-state index in [0.717, 1.165) is 45.3 Å². The predicted octanol–water partition coefficient (Wildman–Crippen LogP) is 1.50. The van der Waals surface area contributed by atoms with E-state index >= 15 is 0 Å². The zero-order valence-corrected chi connectivity index (χ0v) is 12.0. The molecule has 18 heavy (non-hydrogen) atoms. The van der Waals surface area contributed by atoms with Crippen molar-refractivity contribution >= 4 is 9.84 Å². The molecule has 0 bridgehead atoms. The van der Waals surface area contributed by atoms with Gasteiger partial charge in [-0.1, -0.05) is 6.42 Å². The summed E-state index contributed by atoms with van der Waals surface area (Å²) in [7, 11) is -2.86. The molecule has 1 saturated heterocycles. The highest BCUT2D eigenvalue weighted by Gasteiger charge is 2.28. The van der Waals surface area contributed by atoms with E-state index in [1.165, 1.54) is 19.1 Å². The van der Waals surface area contributed by atoms with Crippen molar-refractivity contribution in [3.05, 3.63) is 0 Å². The van der Waals surface area contributed by atoms with Crippen LogP contribution in [0.1, 0.15) is 44.9 Å². The second-order valence-electron chi connectivity index (χ2n) is 5.69. The number of ether oxygens (including phenoxy) is 1. The molecule has 0 spiro atoms. The molecular formula is C13H25NO3S. The van der Waals surface area contributed by atoms with E-state index < -0.39 is 9.84 Å². The third-order valence-corrected chi connectivity index (χ3v) is 5.79. The highest BCUT2D eigenvalue weighted by Crippen LogP contribution is 2.24. The van der Waals surface area contributed by atoms with Gasteiger partial charge < -0.3 is 10.1 Å². The Hall–Kier alpha value is -0.130. The van der Waals surface area contributed by atoms with E-state index in [9.17, 15) is 8.42 Å². The van der Waals surface area contributed by atoms with Crippen LogP contribution in [-0.4, -0.2) is 45.2 Å². The Labute approximate surface area is 110 Å². The predicted molar refractivity (Wildman–Crippen MR) is 72.5 cm³/mol. The van der Waals surface area contributed by atoms with Crippen LogP contribution in [0.25, 0.3) is 0 Å². The minimum atomic E-state index is -2.86. The molecule has 4 nitrogen and oxygen atoms in total. The van der Waals surface area contributed by atoms with Crippen LogP contribution in [-0.2, 0) is 14.6 Å². The fourth-order valence-electron chi connectivity index (χ4n) is 3.04. The summed E-state index contributed by atoms with van der Waals surface area (Å²) in [5.74, 6) is 0. The summed E-state index contributed by atoms with van der Waals surface area (Å²) in [4.78, 5) is 0. The molecular weight excluding hydrogens is 250 g/mol. The second-order valence-corrected chi connectivity index (χ2v) is 8.02. The number of hydrogen-bond acceptors (Lipinski definition) is 4. The fraction of sp³-hybridized carbons (Fsp3) is 1.00. The van der Waals surface area contributed by atoms with Crippen molar-refractivity contribution < 1.29 is 13.2 Å². The van der Waals surface area contributed by atoms with Crippen LogP contribution in [0, 0.1) is 0 Å². The van der Waals surface area contributed by atoms with Crippen LogP contribution in [0.2, 0.25) is 0 Å². The van der Waals surface area contributed by atoms with Crippen LogP contribution in [0.15, 0.2) is 0 Å². The molecule has 106 valence electrons. The Morgan fingerprint density at radius 3 is 2.72 bits per heavy atom. The highest BCUT2D eigenvalue weighted by molar-refractivity contribution is 7.91. The van der Waals surface area contributed by atoms with Gasteiger partial charge in [0.1, 0.15) is 9.84 Å². The zero-order valence-electron chi connectivity index (χ0n) is 11.2. The number of nitrogens with one attached hydrogen (secondary N) is 1. The van der Waals surface area contributed by atoms with E-state index in [1.54, 1.807) is 0 Å². The monoisotopic (exact) mass is 275 g/mol. The normalized spacial score (nSPS) is 33.7. The van der Waals surface area contributed by atoms with Gasteiger partial charge in [0.05, 0.1) is 11.4 Å².